The van der Waals surface area contributed by atoms with Crippen molar-refractivity contribution in [3.8, 4) is 0 Å². The molecule has 0 atom stereocenters. The van der Waals surface area contributed by atoms with Gasteiger partial charge in [-0.1, -0.05) is 12.8 Å². The first-order valence-corrected chi connectivity index (χ1v) is 5.94. The zero-order chi connectivity index (χ0) is 9.80. The molecule has 3 nitrogen and oxygen atoms in total. The Hall–Kier alpha value is -0.900. The van der Waals surface area contributed by atoms with E-state index in [0.717, 1.165) is 25.9 Å². The Morgan fingerprint density at radius 1 is 1.29 bits per heavy atom. The third-order valence-electron chi connectivity index (χ3n) is 2.51. The van der Waals surface area contributed by atoms with Crippen LogP contribution in [0.4, 0.5) is 0 Å². The topological polar surface area (TPSA) is 33.2 Å². The van der Waals surface area contributed by atoms with E-state index in [1.165, 1.54) is 24.2 Å². The van der Waals surface area contributed by atoms with Crippen LogP contribution in [0.5, 0.6) is 0 Å². The molecule has 0 unspecified atom stereocenters. The number of likely N-dealkylation sites (tertiary alicyclic amines) is 1. The Balaban J connectivity index is 2.03. The second kappa shape index (κ2) is 4.55. The van der Waals surface area contributed by atoms with Crippen molar-refractivity contribution in [3.05, 3.63) is 16.6 Å². The summed E-state index contributed by atoms with van der Waals surface area (Å²) in [4.78, 5) is 17.9. The van der Waals surface area contributed by atoms with Gasteiger partial charge in [-0.2, -0.15) is 0 Å². The number of hydrogen-bond donors (Lipinski definition) is 0. The zero-order valence-electron chi connectivity index (χ0n) is 8.11. The molecule has 1 aliphatic rings. The number of hydrogen-bond acceptors (Lipinski definition) is 3. The van der Waals surface area contributed by atoms with E-state index in [1.54, 1.807) is 6.20 Å². The predicted octanol–water partition coefficient (Wildman–Crippen LogP) is 2.16. The van der Waals surface area contributed by atoms with Crippen LogP contribution in [0, 0.1) is 0 Å². The minimum absolute atomic E-state index is 0.113. The molecular weight excluding hydrogens is 196 g/mol. The average molecular weight is 210 g/mol. The molecule has 1 fully saturated rings. The summed E-state index contributed by atoms with van der Waals surface area (Å²) in [5, 5.41) is 2.48. The average Bonchev–Trinajstić information content (AvgIpc) is 2.59. The summed E-state index contributed by atoms with van der Waals surface area (Å²) in [7, 11) is 0. The number of rotatable bonds is 1. The predicted molar refractivity (Wildman–Crippen MR) is 56.5 cm³/mol. The van der Waals surface area contributed by atoms with E-state index >= 15 is 0 Å². The van der Waals surface area contributed by atoms with Crippen LogP contribution in [0.2, 0.25) is 0 Å². The molecule has 14 heavy (non-hydrogen) atoms. The van der Waals surface area contributed by atoms with Gasteiger partial charge in [-0.15, -0.1) is 11.3 Å². The van der Waals surface area contributed by atoms with E-state index in [-0.39, 0.29) is 5.91 Å². The van der Waals surface area contributed by atoms with E-state index in [0.29, 0.717) is 5.01 Å². The van der Waals surface area contributed by atoms with Gasteiger partial charge in [-0.05, 0) is 12.8 Å². The summed E-state index contributed by atoms with van der Waals surface area (Å²) in [5.74, 6) is 0.113. The fraction of sp³-hybridized carbons (Fsp3) is 0.600. The standard InChI is InChI=1S/C10H14N2OS/c13-10(9-11-5-8-14-9)12-6-3-1-2-4-7-12/h5,8H,1-4,6-7H2. The Bertz CT molecular complexity index is 289. The quantitative estimate of drug-likeness (QED) is 0.711. The highest BCUT2D eigenvalue weighted by atomic mass is 32.1. The van der Waals surface area contributed by atoms with Gasteiger partial charge in [0.1, 0.15) is 0 Å². The maximum Gasteiger partial charge on any atom is 0.282 e. The summed E-state index contributed by atoms with van der Waals surface area (Å²) in [6.07, 6.45) is 6.47. The monoisotopic (exact) mass is 210 g/mol. The molecule has 2 heterocycles. The van der Waals surface area contributed by atoms with E-state index < -0.39 is 0 Å². The molecule has 0 saturated carbocycles. The van der Waals surface area contributed by atoms with Crippen LogP contribution < -0.4 is 0 Å². The summed E-state index contributed by atoms with van der Waals surface area (Å²) in [6.45, 7) is 1.80. The van der Waals surface area contributed by atoms with Crippen molar-refractivity contribution < 1.29 is 4.79 Å². The van der Waals surface area contributed by atoms with Crippen LogP contribution in [-0.4, -0.2) is 28.9 Å². The molecule has 1 aromatic rings. The van der Waals surface area contributed by atoms with E-state index in [2.05, 4.69) is 4.98 Å². The molecule has 1 aromatic heterocycles. The maximum atomic E-state index is 11.9. The molecule has 4 heteroatoms. The van der Waals surface area contributed by atoms with Crippen molar-refractivity contribution in [2.45, 2.75) is 25.7 Å². The summed E-state index contributed by atoms with van der Waals surface area (Å²) in [6, 6.07) is 0. The van der Waals surface area contributed by atoms with Crippen molar-refractivity contribution in [3.63, 3.8) is 0 Å². The fourth-order valence-electron chi connectivity index (χ4n) is 1.74. The van der Waals surface area contributed by atoms with Gasteiger partial charge in [0.2, 0.25) is 0 Å². The third-order valence-corrected chi connectivity index (χ3v) is 3.27. The van der Waals surface area contributed by atoms with Crippen molar-refractivity contribution >= 4 is 17.2 Å². The van der Waals surface area contributed by atoms with Gasteiger partial charge in [0, 0.05) is 24.7 Å². The minimum atomic E-state index is 0.113. The van der Waals surface area contributed by atoms with Crippen LogP contribution in [0.3, 0.4) is 0 Å². The third kappa shape index (κ3) is 2.12. The summed E-state index contributed by atoms with van der Waals surface area (Å²) < 4.78 is 0. The molecule has 0 aromatic carbocycles. The number of nitrogens with zero attached hydrogens (tertiary/aromatic N) is 2. The van der Waals surface area contributed by atoms with Crippen molar-refractivity contribution in [1.29, 1.82) is 0 Å². The van der Waals surface area contributed by atoms with Crippen LogP contribution in [-0.2, 0) is 0 Å². The fourth-order valence-corrected chi connectivity index (χ4v) is 2.34. The number of thiazole rings is 1. The zero-order valence-corrected chi connectivity index (χ0v) is 8.92. The lowest BCUT2D eigenvalue weighted by Gasteiger charge is -2.18. The molecule has 0 spiro atoms. The van der Waals surface area contributed by atoms with E-state index in [9.17, 15) is 4.79 Å². The molecule has 0 N–H and O–H groups in total. The van der Waals surface area contributed by atoms with Gasteiger partial charge in [-0.3, -0.25) is 4.79 Å². The molecular formula is C10H14N2OS. The normalized spacial score (nSPS) is 17.9. The lowest BCUT2D eigenvalue weighted by atomic mass is 10.2. The molecule has 0 aliphatic carbocycles. The Morgan fingerprint density at radius 2 is 2.00 bits per heavy atom. The number of carbonyl (C=O) groups excluding carboxylic acids is 1. The highest BCUT2D eigenvalue weighted by Gasteiger charge is 2.18. The van der Waals surface area contributed by atoms with Crippen LogP contribution in [0.25, 0.3) is 0 Å². The van der Waals surface area contributed by atoms with Crippen molar-refractivity contribution in [1.82, 2.24) is 9.88 Å². The highest BCUT2D eigenvalue weighted by molar-refractivity contribution is 7.11. The largest absolute Gasteiger partial charge is 0.337 e. The Morgan fingerprint density at radius 3 is 2.57 bits per heavy atom. The van der Waals surface area contributed by atoms with Gasteiger partial charge in [0.15, 0.2) is 5.01 Å². The Labute approximate surface area is 87.8 Å². The second-order valence-corrected chi connectivity index (χ2v) is 4.44. The minimum Gasteiger partial charge on any atom is -0.337 e. The van der Waals surface area contributed by atoms with Crippen molar-refractivity contribution in [2.24, 2.45) is 0 Å². The first kappa shape index (κ1) is 9.65. The number of amides is 1. The number of aromatic nitrogens is 1. The summed E-state index contributed by atoms with van der Waals surface area (Å²) >= 11 is 1.43. The van der Waals surface area contributed by atoms with Crippen LogP contribution in [0.1, 0.15) is 35.5 Å². The first-order valence-electron chi connectivity index (χ1n) is 5.07. The van der Waals surface area contributed by atoms with Gasteiger partial charge in [-0.25, -0.2) is 4.98 Å². The first-order chi connectivity index (χ1) is 6.88. The number of carbonyl (C=O) groups is 1. The SMILES string of the molecule is O=C(c1nccs1)N1CCCCCC1. The maximum absolute atomic E-state index is 11.9. The van der Waals surface area contributed by atoms with Crippen LogP contribution in [0.15, 0.2) is 11.6 Å². The van der Waals surface area contributed by atoms with E-state index in [4.69, 9.17) is 0 Å². The molecule has 1 amide bonds. The van der Waals surface area contributed by atoms with Gasteiger partial charge >= 0.3 is 0 Å². The molecule has 1 aliphatic heterocycles. The van der Waals surface area contributed by atoms with Gasteiger partial charge in [0.25, 0.3) is 5.91 Å². The molecule has 76 valence electrons. The summed E-state index contributed by atoms with van der Waals surface area (Å²) in [5.41, 5.74) is 0. The van der Waals surface area contributed by atoms with Crippen LogP contribution >= 0.6 is 11.3 Å². The van der Waals surface area contributed by atoms with Gasteiger partial charge < -0.3 is 4.90 Å². The lowest BCUT2D eigenvalue weighted by molar-refractivity contribution is 0.0761. The lowest BCUT2D eigenvalue weighted by Crippen LogP contribution is -2.31. The Kier molecular flexibility index (Phi) is 3.14. The van der Waals surface area contributed by atoms with E-state index in [1.807, 2.05) is 10.3 Å². The van der Waals surface area contributed by atoms with Crippen molar-refractivity contribution in [2.75, 3.05) is 13.1 Å². The smallest absolute Gasteiger partial charge is 0.282 e. The van der Waals surface area contributed by atoms with Gasteiger partial charge in [0.05, 0.1) is 0 Å². The molecule has 0 radical (unpaired) electrons. The molecule has 0 bridgehead atoms. The molecule has 2 rings (SSSR count). The highest BCUT2D eigenvalue weighted by Crippen LogP contribution is 2.14. The second-order valence-electron chi connectivity index (χ2n) is 3.54. The molecule has 1 saturated heterocycles.